The molecule has 0 aliphatic heterocycles. The molecule has 15 heavy (non-hydrogen) atoms. The lowest BCUT2D eigenvalue weighted by Gasteiger charge is -2.09. The number of benzene rings is 1. The van der Waals surface area contributed by atoms with Gasteiger partial charge in [-0.15, -0.1) is 0 Å². The van der Waals surface area contributed by atoms with Gasteiger partial charge in [0.2, 0.25) is 0 Å². The van der Waals surface area contributed by atoms with Gasteiger partial charge in [-0.3, -0.25) is 0 Å². The second-order valence-corrected chi connectivity index (χ2v) is 4.62. The SMILES string of the molecule is COCc1cccc(CCC2(N)CC2)c1. The van der Waals surface area contributed by atoms with Crippen molar-refractivity contribution in [2.75, 3.05) is 7.11 Å². The summed E-state index contributed by atoms with van der Waals surface area (Å²) >= 11 is 0. The quantitative estimate of drug-likeness (QED) is 0.800. The van der Waals surface area contributed by atoms with Crippen LogP contribution < -0.4 is 5.73 Å². The molecule has 2 rings (SSSR count). The largest absolute Gasteiger partial charge is 0.380 e. The van der Waals surface area contributed by atoms with Gasteiger partial charge in [0.05, 0.1) is 6.61 Å². The molecule has 0 spiro atoms. The Morgan fingerprint density at radius 2 is 2.07 bits per heavy atom. The van der Waals surface area contributed by atoms with Crippen molar-refractivity contribution in [1.29, 1.82) is 0 Å². The van der Waals surface area contributed by atoms with E-state index in [9.17, 15) is 0 Å². The third-order valence-electron chi connectivity index (χ3n) is 3.11. The lowest BCUT2D eigenvalue weighted by atomic mass is 10.0. The Morgan fingerprint density at radius 1 is 1.33 bits per heavy atom. The third-order valence-corrected chi connectivity index (χ3v) is 3.11. The first-order chi connectivity index (χ1) is 7.22. The zero-order valence-electron chi connectivity index (χ0n) is 9.33. The highest BCUT2D eigenvalue weighted by Gasteiger charge is 2.37. The Balaban J connectivity index is 1.92. The number of hydrogen-bond acceptors (Lipinski definition) is 2. The van der Waals surface area contributed by atoms with Crippen LogP contribution in [0.3, 0.4) is 0 Å². The van der Waals surface area contributed by atoms with Gasteiger partial charge < -0.3 is 10.5 Å². The van der Waals surface area contributed by atoms with Crippen molar-refractivity contribution in [3.05, 3.63) is 35.4 Å². The van der Waals surface area contributed by atoms with Crippen molar-refractivity contribution < 1.29 is 4.74 Å². The molecule has 0 saturated heterocycles. The van der Waals surface area contributed by atoms with Crippen LogP contribution in [0.1, 0.15) is 30.4 Å². The second-order valence-electron chi connectivity index (χ2n) is 4.62. The lowest BCUT2D eigenvalue weighted by Crippen LogP contribution is -2.22. The molecule has 2 N–H and O–H groups in total. The smallest absolute Gasteiger partial charge is 0.0713 e. The van der Waals surface area contributed by atoms with Crippen LogP contribution in [0.15, 0.2) is 24.3 Å². The molecule has 1 aliphatic carbocycles. The van der Waals surface area contributed by atoms with Gasteiger partial charge in [-0.05, 0) is 36.8 Å². The number of methoxy groups -OCH3 is 1. The molecule has 1 fully saturated rings. The van der Waals surface area contributed by atoms with Crippen LogP contribution >= 0.6 is 0 Å². The van der Waals surface area contributed by atoms with Crippen LogP contribution in [0, 0.1) is 0 Å². The topological polar surface area (TPSA) is 35.2 Å². The molecule has 0 bridgehead atoms. The minimum absolute atomic E-state index is 0.164. The molecular formula is C13H19NO. The molecule has 2 nitrogen and oxygen atoms in total. The first kappa shape index (κ1) is 10.7. The van der Waals surface area contributed by atoms with Gasteiger partial charge in [0, 0.05) is 12.6 Å². The van der Waals surface area contributed by atoms with E-state index in [1.54, 1.807) is 7.11 Å². The maximum absolute atomic E-state index is 6.07. The number of hydrogen-bond donors (Lipinski definition) is 1. The van der Waals surface area contributed by atoms with Crippen molar-refractivity contribution in [3.63, 3.8) is 0 Å². The number of nitrogens with two attached hydrogens (primary N) is 1. The average molecular weight is 205 g/mol. The molecular weight excluding hydrogens is 186 g/mol. The Morgan fingerprint density at radius 3 is 2.73 bits per heavy atom. The fourth-order valence-electron chi connectivity index (χ4n) is 1.85. The molecule has 1 aromatic carbocycles. The summed E-state index contributed by atoms with van der Waals surface area (Å²) in [4.78, 5) is 0. The van der Waals surface area contributed by atoms with Crippen molar-refractivity contribution in [1.82, 2.24) is 0 Å². The minimum atomic E-state index is 0.164. The summed E-state index contributed by atoms with van der Waals surface area (Å²) in [5, 5.41) is 0. The van der Waals surface area contributed by atoms with Gasteiger partial charge in [-0.2, -0.15) is 0 Å². The van der Waals surface area contributed by atoms with Gasteiger partial charge in [-0.25, -0.2) is 0 Å². The van der Waals surface area contributed by atoms with E-state index in [4.69, 9.17) is 10.5 Å². The Bertz CT molecular complexity index is 331. The van der Waals surface area contributed by atoms with E-state index in [0.29, 0.717) is 6.61 Å². The molecule has 0 aromatic heterocycles. The van der Waals surface area contributed by atoms with E-state index < -0.39 is 0 Å². The van der Waals surface area contributed by atoms with Crippen molar-refractivity contribution in [3.8, 4) is 0 Å². The molecule has 2 heteroatoms. The van der Waals surface area contributed by atoms with Gasteiger partial charge in [0.15, 0.2) is 0 Å². The maximum Gasteiger partial charge on any atom is 0.0713 e. The first-order valence-corrected chi connectivity index (χ1v) is 5.57. The normalized spacial score (nSPS) is 17.7. The summed E-state index contributed by atoms with van der Waals surface area (Å²) in [6, 6.07) is 8.59. The van der Waals surface area contributed by atoms with Crippen LogP contribution in [0.4, 0.5) is 0 Å². The summed E-state index contributed by atoms with van der Waals surface area (Å²) in [5.74, 6) is 0. The highest BCUT2D eigenvalue weighted by Crippen LogP contribution is 2.36. The van der Waals surface area contributed by atoms with Crippen molar-refractivity contribution in [2.24, 2.45) is 5.73 Å². The molecule has 1 aliphatic rings. The van der Waals surface area contributed by atoms with Crippen LogP contribution in [0.5, 0.6) is 0 Å². The Hall–Kier alpha value is -0.860. The average Bonchev–Trinajstić information content (AvgIpc) is 2.96. The highest BCUT2D eigenvalue weighted by atomic mass is 16.5. The van der Waals surface area contributed by atoms with E-state index in [1.807, 2.05) is 0 Å². The van der Waals surface area contributed by atoms with E-state index in [1.165, 1.54) is 24.0 Å². The zero-order valence-corrected chi connectivity index (χ0v) is 9.33. The molecule has 0 unspecified atom stereocenters. The monoisotopic (exact) mass is 205 g/mol. The Labute approximate surface area is 91.4 Å². The highest BCUT2D eigenvalue weighted by molar-refractivity contribution is 5.23. The van der Waals surface area contributed by atoms with Gasteiger partial charge in [0.25, 0.3) is 0 Å². The second kappa shape index (κ2) is 4.33. The number of aryl methyl sites for hydroxylation is 1. The standard InChI is InChI=1S/C13H19NO/c1-15-10-12-4-2-3-11(9-12)5-6-13(14)7-8-13/h2-4,9H,5-8,10,14H2,1H3. The van der Waals surface area contributed by atoms with Gasteiger partial charge in [-0.1, -0.05) is 24.3 Å². The fraction of sp³-hybridized carbons (Fsp3) is 0.538. The number of ether oxygens (including phenoxy) is 1. The van der Waals surface area contributed by atoms with Crippen LogP contribution in [0.25, 0.3) is 0 Å². The van der Waals surface area contributed by atoms with E-state index >= 15 is 0 Å². The predicted molar refractivity (Wildman–Crippen MR) is 61.6 cm³/mol. The van der Waals surface area contributed by atoms with E-state index in [-0.39, 0.29) is 5.54 Å². The molecule has 1 aromatic rings. The summed E-state index contributed by atoms with van der Waals surface area (Å²) in [6.45, 7) is 0.696. The summed E-state index contributed by atoms with van der Waals surface area (Å²) in [6.07, 6.45) is 4.60. The minimum Gasteiger partial charge on any atom is -0.380 e. The molecule has 0 radical (unpaired) electrons. The molecule has 82 valence electrons. The summed E-state index contributed by atoms with van der Waals surface area (Å²) < 4.78 is 5.12. The van der Waals surface area contributed by atoms with E-state index in [0.717, 1.165) is 12.8 Å². The summed E-state index contributed by atoms with van der Waals surface area (Å²) in [5.41, 5.74) is 8.85. The maximum atomic E-state index is 6.07. The number of rotatable bonds is 5. The van der Waals surface area contributed by atoms with Crippen LogP contribution in [-0.4, -0.2) is 12.6 Å². The lowest BCUT2D eigenvalue weighted by molar-refractivity contribution is 0.185. The van der Waals surface area contributed by atoms with Gasteiger partial charge in [0.1, 0.15) is 0 Å². The molecule has 0 heterocycles. The molecule has 1 saturated carbocycles. The van der Waals surface area contributed by atoms with E-state index in [2.05, 4.69) is 24.3 Å². The molecule has 0 atom stereocenters. The predicted octanol–water partition coefficient (Wildman–Crippen LogP) is 2.26. The summed E-state index contributed by atoms with van der Waals surface area (Å²) in [7, 11) is 1.73. The first-order valence-electron chi connectivity index (χ1n) is 5.57. The third kappa shape index (κ3) is 3.05. The van der Waals surface area contributed by atoms with Gasteiger partial charge >= 0.3 is 0 Å². The fourth-order valence-corrected chi connectivity index (χ4v) is 1.85. The van der Waals surface area contributed by atoms with Crippen LogP contribution in [-0.2, 0) is 17.8 Å². The van der Waals surface area contributed by atoms with Crippen LogP contribution in [0.2, 0.25) is 0 Å². The Kier molecular flexibility index (Phi) is 3.08. The van der Waals surface area contributed by atoms with Crippen molar-refractivity contribution >= 4 is 0 Å². The zero-order chi connectivity index (χ0) is 10.7. The molecule has 0 amide bonds. The van der Waals surface area contributed by atoms with Crippen molar-refractivity contribution in [2.45, 2.75) is 37.8 Å².